The fourth-order valence-electron chi connectivity index (χ4n) is 3.05. The van der Waals surface area contributed by atoms with Crippen molar-refractivity contribution in [3.8, 4) is 0 Å². The molecule has 0 amide bonds. The van der Waals surface area contributed by atoms with Crippen molar-refractivity contribution in [2.24, 2.45) is 10.8 Å². The van der Waals surface area contributed by atoms with E-state index in [1.807, 2.05) is 0 Å². The van der Waals surface area contributed by atoms with Crippen LogP contribution in [0.25, 0.3) is 0 Å². The molecule has 0 heterocycles. The van der Waals surface area contributed by atoms with E-state index in [2.05, 4.69) is 0 Å². The number of nitrogens with one attached hydrogen (secondary N) is 2. The van der Waals surface area contributed by atoms with E-state index < -0.39 is 54.0 Å². The van der Waals surface area contributed by atoms with Crippen molar-refractivity contribution < 1.29 is 43.2 Å². The summed E-state index contributed by atoms with van der Waals surface area (Å²) in [5, 5.41) is 0. The second-order valence-electron chi connectivity index (χ2n) is 10.7. The zero-order chi connectivity index (χ0) is 28.4. The Morgan fingerprint density at radius 1 is 0.694 bits per heavy atom. The minimum atomic E-state index is -5.74. The first-order valence-corrected chi connectivity index (χ1v) is 13.8. The van der Waals surface area contributed by atoms with Crippen LogP contribution < -0.4 is 9.44 Å². The summed E-state index contributed by atoms with van der Waals surface area (Å²) in [5.74, 6) is 0. The van der Waals surface area contributed by atoms with Crippen LogP contribution in [-0.2, 0) is 26.6 Å². The zero-order valence-corrected chi connectivity index (χ0v) is 22.5. The van der Waals surface area contributed by atoms with Gasteiger partial charge in [0.05, 0.1) is 0 Å². The molecule has 1 aromatic carbocycles. The molecule has 0 aliphatic heterocycles. The zero-order valence-electron chi connectivity index (χ0n) is 20.8. The van der Waals surface area contributed by atoms with Crippen molar-refractivity contribution in [1.29, 1.82) is 0 Å². The molecule has 7 nitrogen and oxygen atoms in total. The average molecular weight is 570 g/mol. The van der Waals surface area contributed by atoms with Crippen LogP contribution in [0.5, 0.6) is 0 Å². The smallest absolute Gasteiger partial charge is 0.296 e. The Morgan fingerprint density at radius 2 is 1.03 bits per heavy atom. The van der Waals surface area contributed by atoms with Gasteiger partial charge in [0.2, 0.25) is 0 Å². The molecule has 15 heteroatoms. The van der Waals surface area contributed by atoms with Crippen molar-refractivity contribution in [2.75, 3.05) is 13.1 Å². The van der Waals surface area contributed by atoms with Gasteiger partial charge in [-0.1, -0.05) is 71.9 Å². The Balaban J connectivity index is 3.44. The molecule has 0 aromatic heterocycles. The molecule has 0 bridgehead atoms. The van der Waals surface area contributed by atoms with E-state index in [1.165, 1.54) is 46.4 Å². The standard InChI is InChI=1S/C21H33F6N3O4S2/c1-18(2,3)16(28-35(31,32)20(22,23)24)13-30(12-15-10-8-7-9-11-15)14-17(19(4,5)6)29-36(33,34)21(25,26)27/h7-11,16-17,28-29H,12-14H2,1-6H3/t16-,17-/m1/s1. The van der Waals surface area contributed by atoms with Gasteiger partial charge in [-0.05, 0) is 16.4 Å². The molecule has 0 unspecified atom stereocenters. The Labute approximate surface area is 208 Å². The van der Waals surface area contributed by atoms with E-state index >= 15 is 0 Å². The maximum atomic E-state index is 13.1. The first kappa shape index (κ1) is 32.6. The molecule has 2 N–H and O–H groups in total. The molecule has 0 fully saturated rings. The second-order valence-corrected chi connectivity index (χ2v) is 14.1. The number of rotatable bonds is 10. The number of hydrogen-bond acceptors (Lipinski definition) is 5. The summed E-state index contributed by atoms with van der Waals surface area (Å²) in [6.07, 6.45) is 0. The van der Waals surface area contributed by atoms with Crippen molar-refractivity contribution in [3.63, 3.8) is 0 Å². The first-order valence-electron chi connectivity index (χ1n) is 10.8. The van der Waals surface area contributed by atoms with Gasteiger partial charge >= 0.3 is 31.1 Å². The van der Waals surface area contributed by atoms with Gasteiger partial charge in [-0.2, -0.15) is 26.3 Å². The van der Waals surface area contributed by atoms with E-state index in [-0.39, 0.29) is 19.6 Å². The number of nitrogens with zero attached hydrogens (tertiary/aromatic N) is 1. The Kier molecular flexibility index (Phi) is 10.1. The number of hydrogen-bond donors (Lipinski definition) is 2. The van der Waals surface area contributed by atoms with Crippen LogP contribution in [0, 0.1) is 10.8 Å². The van der Waals surface area contributed by atoms with Crippen LogP contribution in [0.4, 0.5) is 26.3 Å². The van der Waals surface area contributed by atoms with Crippen LogP contribution in [0.15, 0.2) is 30.3 Å². The highest BCUT2D eigenvalue weighted by Crippen LogP contribution is 2.30. The highest BCUT2D eigenvalue weighted by molar-refractivity contribution is 7.90. The molecule has 210 valence electrons. The SMILES string of the molecule is CC(C)(C)[C@@H](CN(Cc1ccccc1)C[C@@H](NS(=O)(=O)C(F)(F)F)C(C)(C)C)NS(=O)(=O)C(F)(F)F. The number of halogens is 6. The maximum Gasteiger partial charge on any atom is 0.511 e. The quantitative estimate of drug-likeness (QED) is 0.412. The lowest BCUT2D eigenvalue weighted by Crippen LogP contribution is -2.57. The number of benzene rings is 1. The summed E-state index contributed by atoms with van der Waals surface area (Å²) in [5.41, 5.74) is -12.6. The van der Waals surface area contributed by atoms with E-state index in [4.69, 9.17) is 0 Å². The predicted octanol–water partition coefficient (Wildman–Crippen LogP) is 4.20. The van der Waals surface area contributed by atoms with E-state index in [1.54, 1.807) is 39.8 Å². The molecule has 0 aliphatic carbocycles. The van der Waals surface area contributed by atoms with Crippen LogP contribution in [0.3, 0.4) is 0 Å². The van der Waals surface area contributed by atoms with Crippen LogP contribution in [0.2, 0.25) is 0 Å². The molecular formula is C21H33F6N3O4S2. The predicted molar refractivity (Wildman–Crippen MR) is 124 cm³/mol. The third-order valence-corrected chi connectivity index (χ3v) is 7.83. The van der Waals surface area contributed by atoms with Gasteiger partial charge < -0.3 is 0 Å². The Hall–Kier alpha value is -1.42. The van der Waals surface area contributed by atoms with Gasteiger partial charge in [0.25, 0.3) is 0 Å². The monoisotopic (exact) mass is 569 g/mol. The normalized spacial score (nSPS) is 16.2. The summed E-state index contributed by atoms with van der Waals surface area (Å²) in [6, 6.07) is 5.75. The summed E-state index contributed by atoms with van der Waals surface area (Å²) < 4.78 is 129. The number of alkyl halides is 6. The highest BCUT2D eigenvalue weighted by Gasteiger charge is 2.50. The van der Waals surface area contributed by atoms with Crippen molar-refractivity contribution in [1.82, 2.24) is 14.3 Å². The van der Waals surface area contributed by atoms with Gasteiger partial charge in [0.1, 0.15) is 0 Å². The minimum absolute atomic E-state index is 0.00148. The maximum absolute atomic E-state index is 13.1. The first-order chi connectivity index (χ1) is 15.9. The molecule has 0 saturated heterocycles. The summed E-state index contributed by atoms with van der Waals surface area (Å²) in [7, 11) is -11.5. The van der Waals surface area contributed by atoms with Gasteiger partial charge in [-0.3, -0.25) is 4.90 Å². The van der Waals surface area contributed by atoms with Crippen molar-refractivity contribution in [2.45, 2.75) is 71.2 Å². The fraction of sp³-hybridized carbons (Fsp3) is 0.714. The third-order valence-electron chi connectivity index (χ3n) is 5.43. The lowest BCUT2D eigenvalue weighted by molar-refractivity contribution is -0.0459. The summed E-state index contributed by atoms with van der Waals surface area (Å²) in [4.78, 5) is 1.43. The van der Waals surface area contributed by atoms with Gasteiger partial charge in [-0.25, -0.2) is 26.3 Å². The van der Waals surface area contributed by atoms with E-state index in [0.717, 1.165) is 0 Å². The van der Waals surface area contributed by atoms with Gasteiger partial charge in [0.15, 0.2) is 0 Å². The Bertz CT molecular complexity index is 996. The second kappa shape index (κ2) is 11.1. The number of sulfonamides is 2. The lowest BCUT2D eigenvalue weighted by Gasteiger charge is -2.40. The molecule has 1 aromatic rings. The molecule has 2 atom stereocenters. The average Bonchev–Trinajstić information content (AvgIpc) is 2.64. The summed E-state index contributed by atoms with van der Waals surface area (Å²) in [6.45, 7) is 8.32. The van der Waals surface area contributed by atoms with E-state index in [9.17, 15) is 43.2 Å². The molecule has 36 heavy (non-hydrogen) atoms. The van der Waals surface area contributed by atoms with Gasteiger partial charge in [-0.15, -0.1) is 0 Å². The third kappa shape index (κ3) is 9.47. The van der Waals surface area contributed by atoms with Crippen LogP contribution in [0.1, 0.15) is 47.1 Å². The topological polar surface area (TPSA) is 95.6 Å². The fourth-order valence-corrected chi connectivity index (χ4v) is 4.92. The summed E-state index contributed by atoms with van der Waals surface area (Å²) >= 11 is 0. The van der Waals surface area contributed by atoms with Crippen molar-refractivity contribution >= 4 is 20.0 Å². The Morgan fingerprint density at radius 3 is 1.31 bits per heavy atom. The van der Waals surface area contributed by atoms with E-state index in [0.29, 0.717) is 5.56 Å². The molecule has 0 radical (unpaired) electrons. The highest BCUT2D eigenvalue weighted by atomic mass is 32.2. The molecule has 0 spiro atoms. The molecule has 1 rings (SSSR count). The van der Waals surface area contributed by atoms with Crippen molar-refractivity contribution in [3.05, 3.63) is 35.9 Å². The molecule has 0 aliphatic rings. The van der Waals surface area contributed by atoms with Crippen LogP contribution in [-0.4, -0.2) is 57.9 Å². The van der Waals surface area contributed by atoms with Gasteiger partial charge in [0, 0.05) is 31.7 Å². The molecule has 0 saturated carbocycles. The van der Waals surface area contributed by atoms with Crippen LogP contribution >= 0.6 is 0 Å². The largest absolute Gasteiger partial charge is 0.511 e. The minimum Gasteiger partial charge on any atom is -0.296 e. The lowest BCUT2D eigenvalue weighted by atomic mass is 9.85. The molecular weight excluding hydrogens is 536 g/mol.